The quantitative estimate of drug-likeness (QED) is 0.822. The number of aromatic hydroxyl groups is 1. The summed E-state index contributed by atoms with van der Waals surface area (Å²) in [5.41, 5.74) is 1.33. The van der Waals surface area contributed by atoms with Crippen LogP contribution >= 0.6 is 0 Å². The molecule has 1 aromatic carbocycles. The predicted octanol–water partition coefficient (Wildman–Crippen LogP) is 3.02. The van der Waals surface area contributed by atoms with Gasteiger partial charge in [0.2, 0.25) is 5.91 Å². The minimum atomic E-state index is -4.39. The summed E-state index contributed by atoms with van der Waals surface area (Å²) in [5.74, 6) is -0.330. The van der Waals surface area contributed by atoms with E-state index < -0.39 is 12.8 Å². The number of phenols is 1. The normalized spacial score (nSPS) is 11.5. The fraction of sp³-hybridized carbons (Fsp3) is 0.500. The van der Waals surface area contributed by atoms with Crippen LogP contribution in [-0.4, -0.2) is 36.9 Å². The molecule has 21 heavy (non-hydrogen) atoms. The summed E-state index contributed by atoms with van der Waals surface area (Å²) in [4.78, 5) is 13.5. The van der Waals surface area contributed by atoms with Crippen molar-refractivity contribution in [2.75, 3.05) is 24.7 Å². The molecule has 1 rings (SSSR count). The molecule has 0 radical (unpaired) electrons. The fourth-order valence-electron chi connectivity index (χ4n) is 1.85. The number of amides is 1. The van der Waals surface area contributed by atoms with E-state index in [9.17, 15) is 23.1 Å². The van der Waals surface area contributed by atoms with Crippen LogP contribution in [0.15, 0.2) is 18.2 Å². The van der Waals surface area contributed by atoms with Gasteiger partial charge in [0, 0.05) is 12.6 Å². The lowest BCUT2D eigenvalue weighted by molar-refractivity contribution is -0.174. The van der Waals surface area contributed by atoms with Crippen molar-refractivity contribution in [3.05, 3.63) is 23.8 Å². The van der Waals surface area contributed by atoms with Crippen LogP contribution in [0.1, 0.15) is 18.9 Å². The highest BCUT2D eigenvalue weighted by Gasteiger charge is 2.27. The molecule has 0 aliphatic carbocycles. The number of hydrogen-bond acceptors (Lipinski definition) is 3. The number of nitrogens with zero attached hydrogens (tertiary/aromatic N) is 1. The average Bonchev–Trinajstić information content (AvgIpc) is 2.38. The number of phenolic OH excluding ortho intramolecular Hbond substituents is 1. The number of hydrogen-bond donors (Lipinski definition) is 1. The van der Waals surface area contributed by atoms with Crippen molar-refractivity contribution >= 4 is 11.6 Å². The molecule has 0 saturated carbocycles. The van der Waals surface area contributed by atoms with E-state index in [4.69, 9.17) is 0 Å². The highest BCUT2D eigenvalue weighted by Crippen LogP contribution is 2.25. The molecule has 0 bridgehead atoms. The lowest BCUT2D eigenvalue weighted by atomic mass is 10.1. The third kappa shape index (κ3) is 5.63. The molecule has 0 saturated heterocycles. The molecule has 0 unspecified atom stereocenters. The van der Waals surface area contributed by atoms with Crippen molar-refractivity contribution in [3.63, 3.8) is 0 Å². The summed E-state index contributed by atoms with van der Waals surface area (Å²) in [6.07, 6.45) is -4.55. The van der Waals surface area contributed by atoms with E-state index in [1.165, 1.54) is 17.0 Å². The highest BCUT2D eigenvalue weighted by molar-refractivity contribution is 5.94. The zero-order valence-electron chi connectivity index (χ0n) is 11.9. The number of halogens is 3. The van der Waals surface area contributed by atoms with Crippen LogP contribution in [0.3, 0.4) is 0 Å². The Labute approximate surface area is 121 Å². The van der Waals surface area contributed by atoms with Gasteiger partial charge in [0.05, 0.1) is 18.7 Å². The molecule has 0 aliphatic rings. The molecule has 0 fully saturated rings. The van der Waals surface area contributed by atoms with Gasteiger partial charge in [0.25, 0.3) is 0 Å². The largest absolute Gasteiger partial charge is 0.508 e. The zero-order valence-corrected chi connectivity index (χ0v) is 11.9. The molecule has 1 amide bonds. The van der Waals surface area contributed by atoms with Crippen LogP contribution in [0.2, 0.25) is 0 Å². The van der Waals surface area contributed by atoms with Gasteiger partial charge in [-0.25, -0.2) is 0 Å². The molecule has 0 aromatic heterocycles. The van der Waals surface area contributed by atoms with Crippen LogP contribution in [0.5, 0.6) is 5.75 Å². The lowest BCUT2D eigenvalue weighted by Gasteiger charge is -2.23. The van der Waals surface area contributed by atoms with Crippen molar-refractivity contribution in [2.45, 2.75) is 26.4 Å². The number of ether oxygens (including phenoxy) is 1. The summed E-state index contributed by atoms with van der Waals surface area (Å²) < 4.78 is 40.2. The van der Waals surface area contributed by atoms with Crippen molar-refractivity contribution in [3.8, 4) is 5.75 Å². The van der Waals surface area contributed by atoms with E-state index in [2.05, 4.69) is 4.74 Å². The first-order valence-electron chi connectivity index (χ1n) is 6.49. The van der Waals surface area contributed by atoms with Crippen molar-refractivity contribution in [1.82, 2.24) is 0 Å². The highest BCUT2D eigenvalue weighted by atomic mass is 19.4. The minimum Gasteiger partial charge on any atom is -0.508 e. The Hall–Kier alpha value is -1.76. The maximum atomic E-state index is 12.0. The second kappa shape index (κ2) is 7.31. The average molecular weight is 305 g/mol. The van der Waals surface area contributed by atoms with Gasteiger partial charge in [0.15, 0.2) is 0 Å². The van der Waals surface area contributed by atoms with Crippen LogP contribution in [0, 0.1) is 6.92 Å². The molecule has 0 aliphatic heterocycles. The standard InChI is InChI=1S/C14H18F3NO3/c1-3-18(12-8-11(19)5-4-10(12)2)13(20)6-7-21-9-14(15,16)17/h4-5,8,19H,3,6-7,9H2,1-2H3. The van der Waals surface area contributed by atoms with Crippen molar-refractivity contribution in [2.24, 2.45) is 0 Å². The number of anilines is 1. The molecule has 118 valence electrons. The molecule has 4 nitrogen and oxygen atoms in total. The van der Waals surface area contributed by atoms with Gasteiger partial charge >= 0.3 is 6.18 Å². The molecule has 0 heterocycles. The van der Waals surface area contributed by atoms with Crippen LogP contribution < -0.4 is 4.90 Å². The summed E-state index contributed by atoms with van der Waals surface area (Å²) in [5, 5.41) is 9.48. The number of carbonyl (C=O) groups excluding carboxylic acids is 1. The third-order valence-electron chi connectivity index (χ3n) is 2.83. The fourth-order valence-corrected chi connectivity index (χ4v) is 1.85. The van der Waals surface area contributed by atoms with Gasteiger partial charge in [-0.15, -0.1) is 0 Å². The SMILES string of the molecule is CCN(C(=O)CCOCC(F)(F)F)c1cc(O)ccc1C. The molecule has 1 N–H and O–H groups in total. The molecular weight excluding hydrogens is 287 g/mol. The maximum absolute atomic E-state index is 12.0. The van der Waals surface area contributed by atoms with E-state index in [-0.39, 0.29) is 24.7 Å². The molecule has 0 spiro atoms. The molecule has 7 heteroatoms. The summed E-state index contributed by atoms with van der Waals surface area (Å²) in [6, 6.07) is 4.62. The van der Waals surface area contributed by atoms with E-state index in [1.54, 1.807) is 19.9 Å². The molecular formula is C14H18F3NO3. The Morgan fingerprint density at radius 3 is 2.62 bits per heavy atom. The maximum Gasteiger partial charge on any atom is 0.411 e. The summed E-state index contributed by atoms with van der Waals surface area (Å²) in [6.45, 7) is 2.22. The number of rotatable bonds is 6. The number of alkyl halides is 3. The smallest absolute Gasteiger partial charge is 0.411 e. The Morgan fingerprint density at radius 2 is 2.05 bits per heavy atom. The Bertz CT molecular complexity index is 489. The number of benzene rings is 1. The monoisotopic (exact) mass is 305 g/mol. The van der Waals surface area contributed by atoms with Crippen LogP contribution in [-0.2, 0) is 9.53 Å². The number of carbonyl (C=O) groups is 1. The first-order chi connectivity index (χ1) is 9.74. The van der Waals surface area contributed by atoms with Crippen LogP contribution in [0.25, 0.3) is 0 Å². The minimum absolute atomic E-state index is 0.0233. The van der Waals surface area contributed by atoms with Gasteiger partial charge in [0.1, 0.15) is 12.4 Å². The van der Waals surface area contributed by atoms with Gasteiger partial charge in [-0.1, -0.05) is 6.07 Å². The first kappa shape index (κ1) is 17.3. The van der Waals surface area contributed by atoms with E-state index >= 15 is 0 Å². The van der Waals surface area contributed by atoms with Crippen molar-refractivity contribution in [1.29, 1.82) is 0 Å². The van der Waals surface area contributed by atoms with Gasteiger partial charge in [-0.3, -0.25) is 4.79 Å². The Kier molecular flexibility index (Phi) is 6.02. The molecule has 0 atom stereocenters. The van der Waals surface area contributed by atoms with Crippen molar-refractivity contribution < 1.29 is 27.8 Å². The lowest BCUT2D eigenvalue weighted by Crippen LogP contribution is -2.32. The predicted molar refractivity (Wildman–Crippen MR) is 72.4 cm³/mol. The third-order valence-corrected chi connectivity index (χ3v) is 2.83. The van der Waals surface area contributed by atoms with E-state index in [0.29, 0.717) is 12.2 Å². The second-order valence-electron chi connectivity index (χ2n) is 4.53. The summed E-state index contributed by atoms with van der Waals surface area (Å²) >= 11 is 0. The first-order valence-corrected chi connectivity index (χ1v) is 6.49. The summed E-state index contributed by atoms with van der Waals surface area (Å²) in [7, 11) is 0. The van der Waals surface area contributed by atoms with Crippen LogP contribution in [0.4, 0.5) is 18.9 Å². The second-order valence-corrected chi connectivity index (χ2v) is 4.53. The van der Waals surface area contributed by atoms with E-state index in [1.807, 2.05) is 0 Å². The van der Waals surface area contributed by atoms with Gasteiger partial charge < -0.3 is 14.7 Å². The number of aryl methyl sites for hydroxylation is 1. The Balaban J connectivity index is 2.63. The topological polar surface area (TPSA) is 49.8 Å². The van der Waals surface area contributed by atoms with Gasteiger partial charge in [-0.05, 0) is 25.5 Å². The zero-order chi connectivity index (χ0) is 16.0. The van der Waals surface area contributed by atoms with E-state index in [0.717, 1.165) is 5.56 Å². The Morgan fingerprint density at radius 1 is 1.38 bits per heavy atom. The van der Waals surface area contributed by atoms with Gasteiger partial charge in [-0.2, -0.15) is 13.2 Å². The molecule has 1 aromatic rings.